The lowest BCUT2D eigenvalue weighted by Crippen LogP contribution is -2.40. The molecule has 29 heavy (non-hydrogen) atoms. The van der Waals surface area contributed by atoms with Gasteiger partial charge in [0.1, 0.15) is 11.6 Å². The number of H-pyrrole nitrogens is 1. The molecule has 1 atom stereocenters. The van der Waals surface area contributed by atoms with Crippen LogP contribution in [0.3, 0.4) is 0 Å². The number of carbonyl (C=O) groups is 1. The lowest BCUT2D eigenvalue weighted by molar-refractivity contribution is -0.121. The van der Waals surface area contributed by atoms with Gasteiger partial charge in [-0.05, 0) is 61.3 Å². The number of piperidine rings is 1. The van der Waals surface area contributed by atoms with E-state index < -0.39 is 11.6 Å². The number of aromatic nitrogens is 2. The minimum Gasteiger partial charge on any atom is -0.326 e. The highest BCUT2D eigenvalue weighted by Gasteiger charge is 2.26. The number of nitrogens with zero attached hydrogens (tertiary/aromatic N) is 2. The van der Waals surface area contributed by atoms with Gasteiger partial charge in [0.05, 0.1) is 11.6 Å². The number of halogens is 2. The molecule has 0 aliphatic carbocycles. The van der Waals surface area contributed by atoms with E-state index in [9.17, 15) is 13.6 Å². The number of carbonyl (C=O) groups excluding carboxylic acids is 1. The number of hydrogen-bond acceptors (Lipinski definition) is 3. The van der Waals surface area contributed by atoms with Crippen LogP contribution in [0.1, 0.15) is 18.4 Å². The molecule has 0 radical (unpaired) electrons. The van der Waals surface area contributed by atoms with E-state index in [-0.39, 0.29) is 11.8 Å². The van der Waals surface area contributed by atoms with Crippen molar-refractivity contribution in [3.63, 3.8) is 0 Å². The van der Waals surface area contributed by atoms with E-state index in [0.717, 1.165) is 48.5 Å². The minimum atomic E-state index is -0.453. The summed E-state index contributed by atoms with van der Waals surface area (Å²) in [5.74, 6) is -1.11. The molecule has 1 aromatic heterocycles. The molecular formula is C22H22F2N4O. The molecule has 1 aliphatic rings. The molecule has 2 heterocycles. The standard InChI is InChI=1S/C22H22F2N4O/c23-18-5-8-20(24)17(12-18)14-28-11-1-2-16(13-28)22(29)26-19-6-3-15(4-7-19)21-9-10-25-27-21/h3-10,12,16H,1-2,11,13-14H2,(H,25,27)(H,26,29)/t16-/m1/s1. The van der Waals surface area contributed by atoms with Gasteiger partial charge in [0.25, 0.3) is 0 Å². The Hall–Kier alpha value is -3.06. The number of benzene rings is 2. The fraction of sp³-hybridized carbons (Fsp3) is 0.273. The van der Waals surface area contributed by atoms with Crippen LogP contribution in [0.5, 0.6) is 0 Å². The van der Waals surface area contributed by atoms with Gasteiger partial charge in [0, 0.05) is 30.5 Å². The molecule has 2 N–H and O–H groups in total. The molecule has 1 aliphatic heterocycles. The van der Waals surface area contributed by atoms with Crippen LogP contribution in [0.4, 0.5) is 14.5 Å². The molecule has 150 valence electrons. The highest BCUT2D eigenvalue weighted by molar-refractivity contribution is 5.93. The quantitative estimate of drug-likeness (QED) is 0.679. The summed E-state index contributed by atoms with van der Waals surface area (Å²) < 4.78 is 27.3. The Morgan fingerprint density at radius 2 is 2.00 bits per heavy atom. The van der Waals surface area contributed by atoms with Crippen LogP contribution < -0.4 is 5.32 Å². The summed E-state index contributed by atoms with van der Waals surface area (Å²) in [4.78, 5) is 14.7. The van der Waals surface area contributed by atoms with Crippen molar-refractivity contribution in [2.45, 2.75) is 19.4 Å². The summed E-state index contributed by atoms with van der Waals surface area (Å²) in [6.07, 6.45) is 3.31. The Morgan fingerprint density at radius 1 is 1.17 bits per heavy atom. The van der Waals surface area contributed by atoms with E-state index in [1.54, 1.807) is 6.20 Å². The van der Waals surface area contributed by atoms with Crippen molar-refractivity contribution in [1.29, 1.82) is 0 Å². The second-order valence-electron chi connectivity index (χ2n) is 7.35. The predicted octanol–water partition coefficient (Wildman–Crippen LogP) is 4.21. The summed E-state index contributed by atoms with van der Waals surface area (Å²) >= 11 is 0. The number of anilines is 1. The Balaban J connectivity index is 1.36. The SMILES string of the molecule is O=C(Nc1ccc(-c2ccn[nH]2)cc1)[C@@H]1CCCN(Cc2cc(F)ccc2F)C1. The third-order valence-electron chi connectivity index (χ3n) is 5.24. The summed E-state index contributed by atoms with van der Waals surface area (Å²) in [7, 11) is 0. The number of amides is 1. The van der Waals surface area contributed by atoms with E-state index in [4.69, 9.17) is 0 Å². The number of rotatable bonds is 5. The largest absolute Gasteiger partial charge is 0.326 e. The molecule has 7 heteroatoms. The van der Waals surface area contributed by atoms with Crippen molar-refractivity contribution in [3.05, 3.63) is 71.9 Å². The van der Waals surface area contributed by atoms with E-state index >= 15 is 0 Å². The molecule has 0 saturated carbocycles. The Morgan fingerprint density at radius 3 is 2.76 bits per heavy atom. The molecule has 0 spiro atoms. The zero-order valence-electron chi connectivity index (χ0n) is 15.9. The van der Waals surface area contributed by atoms with Crippen molar-refractivity contribution >= 4 is 11.6 Å². The second-order valence-corrected chi connectivity index (χ2v) is 7.35. The highest BCUT2D eigenvalue weighted by Crippen LogP contribution is 2.23. The van der Waals surface area contributed by atoms with E-state index in [0.29, 0.717) is 18.7 Å². The van der Waals surface area contributed by atoms with Crippen molar-refractivity contribution in [3.8, 4) is 11.3 Å². The van der Waals surface area contributed by atoms with Crippen LogP contribution in [-0.4, -0.2) is 34.1 Å². The lowest BCUT2D eigenvalue weighted by atomic mass is 9.96. The van der Waals surface area contributed by atoms with E-state index in [1.807, 2.05) is 35.2 Å². The second kappa shape index (κ2) is 8.53. The summed E-state index contributed by atoms with van der Waals surface area (Å²) in [5, 5.41) is 9.80. The number of hydrogen-bond donors (Lipinski definition) is 2. The number of likely N-dealkylation sites (tertiary alicyclic amines) is 1. The van der Waals surface area contributed by atoms with E-state index in [2.05, 4.69) is 15.5 Å². The van der Waals surface area contributed by atoms with Gasteiger partial charge in [-0.15, -0.1) is 0 Å². The molecule has 0 unspecified atom stereocenters. The van der Waals surface area contributed by atoms with Gasteiger partial charge in [0.15, 0.2) is 0 Å². The maximum absolute atomic E-state index is 13.9. The number of nitrogens with one attached hydrogen (secondary N) is 2. The molecule has 4 rings (SSSR count). The van der Waals surface area contributed by atoms with Crippen LogP contribution in [-0.2, 0) is 11.3 Å². The fourth-order valence-corrected chi connectivity index (χ4v) is 3.71. The molecule has 3 aromatic rings. The first-order chi connectivity index (χ1) is 14.1. The van der Waals surface area contributed by atoms with Gasteiger partial charge in [-0.2, -0.15) is 5.10 Å². The van der Waals surface area contributed by atoms with Gasteiger partial charge in [-0.25, -0.2) is 8.78 Å². The Bertz CT molecular complexity index is 973. The first-order valence-corrected chi connectivity index (χ1v) is 9.65. The third kappa shape index (κ3) is 4.68. The molecule has 5 nitrogen and oxygen atoms in total. The van der Waals surface area contributed by atoms with Crippen molar-refractivity contribution in [2.24, 2.45) is 5.92 Å². The summed E-state index contributed by atoms with van der Waals surface area (Å²) in [6.45, 7) is 1.58. The molecule has 1 saturated heterocycles. The van der Waals surface area contributed by atoms with Crippen molar-refractivity contribution in [2.75, 3.05) is 18.4 Å². The Labute approximate surface area is 167 Å². The predicted molar refractivity (Wildman–Crippen MR) is 107 cm³/mol. The van der Waals surface area contributed by atoms with Gasteiger partial charge in [-0.1, -0.05) is 12.1 Å². The first kappa shape index (κ1) is 19.3. The molecule has 1 fully saturated rings. The third-order valence-corrected chi connectivity index (χ3v) is 5.24. The zero-order chi connectivity index (χ0) is 20.2. The molecule has 1 amide bonds. The summed E-state index contributed by atoms with van der Waals surface area (Å²) in [5.41, 5.74) is 2.95. The first-order valence-electron chi connectivity index (χ1n) is 9.65. The van der Waals surface area contributed by atoms with Crippen LogP contribution in [0.25, 0.3) is 11.3 Å². The fourth-order valence-electron chi connectivity index (χ4n) is 3.71. The number of aromatic amines is 1. The normalized spacial score (nSPS) is 17.2. The maximum atomic E-state index is 13.9. The molecule has 2 aromatic carbocycles. The molecular weight excluding hydrogens is 374 g/mol. The van der Waals surface area contributed by atoms with Crippen LogP contribution >= 0.6 is 0 Å². The minimum absolute atomic E-state index is 0.0521. The topological polar surface area (TPSA) is 61.0 Å². The van der Waals surface area contributed by atoms with Crippen LogP contribution in [0.2, 0.25) is 0 Å². The Kier molecular flexibility index (Phi) is 5.67. The maximum Gasteiger partial charge on any atom is 0.228 e. The average Bonchev–Trinajstić information content (AvgIpc) is 3.26. The van der Waals surface area contributed by atoms with Crippen molar-refractivity contribution in [1.82, 2.24) is 15.1 Å². The summed E-state index contributed by atoms with van der Waals surface area (Å²) in [6, 6.07) is 12.9. The highest BCUT2D eigenvalue weighted by atomic mass is 19.1. The van der Waals surface area contributed by atoms with Crippen molar-refractivity contribution < 1.29 is 13.6 Å². The lowest BCUT2D eigenvalue weighted by Gasteiger charge is -2.32. The van der Waals surface area contributed by atoms with Gasteiger partial charge in [-0.3, -0.25) is 14.8 Å². The monoisotopic (exact) mass is 396 g/mol. The van der Waals surface area contributed by atoms with Gasteiger partial charge in [0.2, 0.25) is 5.91 Å². The van der Waals surface area contributed by atoms with Gasteiger partial charge < -0.3 is 5.32 Å². The average molecular weight is 396 g/mol. The smallest absolute Gasteiger partial charge is 0.228 e. The molecule has 0 bridgehead atoms. The van der Waals surface area contributed by atoms with E-state index in [1.165, 1.54) is 6.07 Å². The van der Waals surface area contributed by atoms with Crippen LogP contribution in [0, 0.1) is 17.6 Å². The zero-order valence-corrected chi connectivity index (χ0v) is 15.9. The van der Waals surface area contributed by atoms with Crippen LogP contribution in [0.15, 0.2) is 54.7 Å². The van der Waals surface area contributed by atoms with Gasteiger partial charge >= 0.3 is 0 Å².